The summed E-state index contributed by atoms with van der Waals surface area (Å²) in [5.41, 5.74) is 7.29. The van der Waals surface area contributed by atoms with E-state index in [1.54, 1.807) is 0 Å². The third-order valence-corrected chi connectivity index (χ3v) is 11.2. The van der Waals surface area contributed by atoms with Crippen LogP contribution in [0.4, 0.5) is 17.1 Å². The molecule has 12 rings (SSSR count). The molecule has 10 aromatic carbocycles. The fourth-order valence-electron chi connectivity index (χ4n) is 8.68. The number of benzene rings is 10. The summed E-state index contributed by atoms with van der Waals surface area (Å²) < 4.78 is 13.2. The first-order chi connectivity index (χ1) is 27.2. The molecule has 0 aliphatic carbocycles. The van der Waals surface area contributed by atoms with Crippen LogP contribution in [-0.2, 0) is 0 Å². The molecule has 0 unspecified atom stereocenters. The van der Waals surface area contributed by atoms with Crippen LogP contribution in [0.15, 0.2) is 191 Å². The Morgan fingerprint density at radius 1 is 0.382 bits per heavy atom. The lowest BCUT2D eigenvalue weighted by atomic mass is 9.96. The SMILES string of the molecule is c1ccc2c(N(c3ccc4c(c3)oc3cccc(-c5nc6ccc7ccccc7c6o5)c34)c3ccc4ccc5c6ccccc6ccc5c4c3)cccc2c1. The molecule has 0 saturated heterocycles. The first kappa shape index (κ1) is 30.1. The quantitative estimate of drug-likeness (QED) is 0.171. The van der Waals surface area contributed by atoms with Gasteiger partial charge >= 0.3 is 0 Å². The second-order valence-electron chi connectivity index (χ2n) is 14.3. The average molecular weight is 703 g/mol. The maximum atomic E-state index is 6.68. The van der Waals surface area contributed by atoms with Crippen LogP contribution in [0.1, 0.15) is 0 Å². The Morgan fingerprint density at radius 2 is 0.982 bits per heavy atom. The van der Waals surface area contributed by atoms with Crippen molar-refractivity contribution in [1.82, 2.24) is 4.98 Å². The number of hydrogen-bond acceptors (Lipinski definition) is 4. The Balaban J connectivity index is 1.07. The molecule has 2 heterocycles. The van der Waals surface area contributed by atoms with Crippen molar-refractivity contribution in [2.45, 2.75) is 0 Å². The molecule has 4 nitrogen and oxygen atoms in total. The van der Waals surface area contributed by atoms with Crippen molar-refractivity contribution in [3.63, 3.8) is 0 Å². The minimum Gasteiger partial charge on any atom is -0.456 e. The lowest BCUT2D eigenvalue weighted by Gasteiger charge is -2.27. The number of nitrogens with zero attached hydrogens (tertiary/aromatic N) is 2. The fourth-order valence-corrected chi connectivity index (χ4v) is 8.68. The van der Waals surface area contributed by atoms with Crippen LogP contribution in [0.25, 0.3) is 98.4 Å². The lowest BCUT2D eigenvalue weighted by Crippen LogP contribution is -2.10. The smallest absolute Gasteiger partial charge is 0.228 e. The minimum absolute atomic E-state index is 0.581. The van der Waals surface area contributed by atoms with E-state index in [1.165, 1.54) is 43.1 Å². The van der Waals surface area contributed by atoms with E-state index >= 15 is 0 Å². The highest BCUT2D eigenvalue weighted by Gasteiger charge is 2.21. The van der Waals surface area contributed by atoms with E-state index in [2.05, 4.69) is 157 Å². The number of rotatable bonds is 4. The van der Waals surface area contributed by atoms with Crippen molar-refractivity contribution in [3.05, 3.63) is 182 Å². The fraction of sp³-hybridized carbons (Fsp3) is 0. The Kier molecular flexibility index (Phi) is 6.31. The zero-order valence-corrected chi connectivity index (χ0v) is 29.5. The molecule has 0 atom stereocenters. The molecule has 55 heavy (non-hydrogen) atoms. The van der Waals surface area contributed by atoms with Crippen LogP contribution < -0.4 is 4.90 Å². The Hall–Kier alpha value is -7.43. The maximum Gasteiger partial charge on any atom is 0.228 e. The molecule has 4 heteroatoms. The van der Waals surface area contributed by atoms with Crippen LogP contribution in [0.3, 0.4) is 0 Å². The van der Waals surface area contributed by atoms with Gasteiger partial charge in [0.1, 0.15) is 16.7 Å². The third kappa shape index (κ3) is 4.55. The van der Waals surface area contributed by atoms with Gasteiger partial charge in [-0.1, -0.05) is 127 Å². The Morgan fingerprint density at radius 3 is 1.84 bits per heavy atom. The van der Waals surface area contributed by atoms with Crippen molar-refractivity contribution >= 4 is 104 Å². The summed E-state index contributed by atoms with van der Waals surface area (Å²) in [7, 11) is 0. The zero-order valence-electron chi connectivity index (χ0n) is 29.5. The number of oxazole rings is 1. The van der Waals surface area contributed by atoms with E-state index in [0.717, 1.165) is 66.4 Å². The molecular formula is C51H30N2O2. The lowest BCUT2D eigenvalue weighted by molar-refractivity contribution is 0.623. The number of anilines is 3. The van der Waals surface area contributed by atoms with E-state index in [4.69, 9.17) is 13.8 Å². The average Bonchev–Trinajstić information content (AvgIpc) is 3.86. The maximum absolute atomic E-state index is 6.68. The molecule has 0 aliphatic rings. The highest BCUT2D eigenvalue weighted by molar-refractivity contribution is 6.18. The zero-order chi connectivity index (χ0) is 36.0. The predicted molar refractivity (Wildman–Crippen MR) is 229 cm³/mol. The standard InChI is InChI=1S/C51H30N2O2/c1-4-13-37-32(10-1)20-26-41-40(37)25-21-34-19-23-35(29-44(34)41)53(46-17-7-12-31-9-2-5-14-38(31)46)36-24-27-42-48(30-36)54-47-18-8-16-43(49(42)47)51-52-45-28-22-33-11-3-6-15-39(33)50(45)55-51/h1-30H. The van der Waals surface area contributed by atoms with E-state index in [1.807, 2.05) is 30.3 Å². The molecule has 0 spiro atoms. The van der Waals surface area contributed by atoms with Crippen LogP contribution in [0, 0.1) is 0 Å². The van der Waals surface area contributed by atoms with Crippen molar-refractivity contribution in [1.29, 1.82) is 0 Å². The molecule has 0 aliphatic heterocycles. The van der Waals surface area contributed by atoms with Crippen molar-refractivity contribution < 1.29 is 8.83 Å². The number of hydrogen-bond donors (Lipinski definition) is 0. The molecule has 0 fully saturated rings. The molecule has 2 aromatic heterocycles. The van der Waals surface area contributed by atoms with Gasteiger partial charge in [0.2, 0.25) is 5.89 Å². The Labute approximate surface area is 315 Å². The largest absolute Gasteiger partial charge is 0.456 e. The highest BCUT2D eigenvalue weighted by atomic mass is 16.3. The second-order valence-corrected chi connectivity index (χ2v) is 14.3. The van der Waals surface area contributed by atoms with Gasteiger partial charge in [0.25, 0.3) is 0 Å². The molecule has 0 saturated carbocycles. The molecular weight excluding hydrogens is 673 g/mol. The van der Waals surface area contributed by atoms with Gasteiger partial charge in [-0.15, -0.1) is 0 Å². The number of furan rings is 1. The van der Waals surface area contributed by atoms with E-state index < -0.39 is 0 Å². The molecule has 256 valence electrons. The van der Waals surface area contributed by atoms with E-state index in [-0.39, 0.29) is 0 Å². The van der Waals surface area contributed by atoms with Crippen molar-refractivity contribution in [3.8, 4) is 11.5 Å². The Bertz CT molecular complexity index is 3510. The van der Waals surface area contributed by atoms with Gasteiger partial charge in [-0.05, 0) is 91.6 Å². The summed E-state index contributed by atoms with van der Waals surface area (Å²) in [5.74, 6) is 0.581. The summed E-state index contributed by atoms with van der Waals surface area (Å²) in [6.45, 7) is 0. The molecule has 0 amide bonds. The normalized spacial score (nSPS) is 12.0. The predicted octanol–water partition coefficient (Wildman–Crippen LogP) is 14.6. The summed E-state index contributed by atoms with van der Waals surface area (Å²) in [4.78, 5) is 7.33. The highest BCUT2D eigenvalue weighted by Crippen LogP contribution is 2.44. The van der Waals surface area contributed by atoms with Gasteiger partial charge < -0.3 is 13.7 Å². The van der Waals surface area contributed by atoms with Crippen LogP contribution >= 0.6 is 0 Å². The van der Waals surface area contributed by atoms with Gasteiger partial charge in [-0.2, -0.15) is 0 Å². The topological polar surface area (TPSA) is 42.4 Å². The van der Waals surface area contributed by atoms with Crippen LogP contribution in [0.5, 0.6) is 0 Å². The molecule has 12 aromatic rings. The molecule has 0 bridgehead atoms. The van der Waals surface area contributed by atoms with Gasteiger partial charge in [0.15, 0.2) is 5.58 Å². The van der Waals surface area contributed by atoms with E-state index in [0.29, 0.717) is 5.89 Å². The summed E-state index contributed by atoms with van der Waals surface area (Å²) >= 11 is 0. The third-order valence-electron chi connectivity index (χ3n) is 11.2. The number of fused-ring (bicyclic) bond motifs is 12. The summed E-state index contributed by atoms with van der Waals surface area (Å²) in [5, 5.41) is 14.0. The monoisotopic (exact) mass is 702 g/mol. The summed E-state index contributed by atoms with van der Waals surface area (Å²) in [6.07, 6.45) is 0. The minimum atomic E-state index is 0.581. The van der Waals surface area contributed by atoms with Crippen LogP contribution in [-0.4, -0.2) is 4.98 Å². The van der Waals surface area contributed by atoms with E-state index in [9.17, 15) is 0 Å². The molecule has 0 N–H and O–H groups in total. The molecule has 0 radical (unpaired) electrons. The summed E-state index contributed by atoms with van der Waals surface area (Å²) in [6, 6.07) is 64.6. The van der Waals surface area contributed by atoms with Gasteiger partial charge in [0.05, 0.1) is 5.69 Å². The first-order valence-corrected chi connectivity index (χ1v) is 18.6. The number of aromatic nitrogens is 1. The van der Waals surface area contributed by atoms with Crippen LogP contribution in [0.2, 0.25) is 0 Å². The van der Waals surface area contributed by atoms with Crippen molar-refractivity contribution in [2.75, 3.05) is 4.90 Å². The first-order valence-electron chi connectivity index (χ1n) is 18.6. The van der Waals surface area contributed by atoms with Gasteiger partial charge in [-0.3, -0.25) is 0 Å². The second kappa shape index (κ2) is 11.5. The van der Waals surface area contributed by atoms with Gasteiger partial charge in [-0.25, -0.2) is 4.98 Å². The van der Waals surface area contributed by atoms with Crippen molar-refractivity contribution in [2.24, 2.45) is 0 Å². The van der Waals surface area contributed by atoms with Gasteiger partial charge in [0, 0.05) is 44.5 Å².